The van der Waals surface area contributed by atoms with Crippen LogP contribution in [0.2, 0.25) is 0 Å². The number of amides is 1. The van der Waals surface area contributed by atoms with Crippen molar-refractivity contribution in [2.45, 2.75) is 25.8 Å². The number of anilines is 2. The van der Waals surface area contributed by atoms with E-state index in [4.69, 9.17) is 0 Å². The molecule has 0 unspecified atom stereocenters. The fourth-order valence-corrected chi connectivity index (χ4v) is 5.07. The average Bonchev–Trinajstić information content (AvgIpc) is 2.85. The van der Waals surface area contributed by atoms with Crippen molar-refractivity contribution in [3.63, 3.8) is 0 Å². The van der Waals surface area contributed by atoms with Crippen LogP contribution in [-0.4, -0.2) is 44.0 Å². The second-order valence-electron chi connectivity index (χ2n) is 9.58. The zero-order valence-electron chi connectivity index (χ0n) is 19.7. The highest BCUT2D eigenvalue weighted by molar-refractivity contribution is 5.95. The summed E-state index contributed by atoms with van der Waals surface area (Å²) < 4.78 is 0. The molecule has 0 saturated carbocycles. The molecule has 3 aromatic carbocycles. The van der Waals surface area contributed by atoms with Gasteiger partial charge in [-0.15, -0.1) is 0 Å². The monoisotopic (exact) mass is 440 g/mol. The maximum absolute atomic E-state index is 12.1. The smallest absolute Gasteiger partial charge is 0.251 e. The third kappa shape index (κ3) is 4.14. The normalized spacial score (nSPS) is 16.9. The lowest BCUT2D eigenvalue weighted by Crippen LogP contribution is -2.42. The second-order valence-corrected chi connectivity index (χ2v) is 9.58. The number of benzene rings is 3. The Labute approximate surface area is 196 Å². The first-order valence-corrected chi connectivity index (χ1v) is 11.8. The Kier molecular flexibility index (Phi) is 5.69. The summed E-state index contributed by atoms with van der Waals surface area (Å²) in [6.07, 6.45) is 0. The third-order valence-electron chi connectivity index (χ3n) is 7.02. The van der Waals surface area contributed by atoms with Crippen LogP contribution < -0.4 is 16.0 Å². The summed E-state index contributed by atoms with van der Waals surface area (Å²) >= 11 is 0. The number of carbonyl (C=O) groups excluding carboxylic acids is 1. The second kappa shape index (κ2) is 8.65. The van der Waals surface area contributed by atoms with Gasteiger partial charge in [0.2, 0.25) is 0 Å². The fourth-order valence-electron chi connectivity index (χ4n) is 5.07. The largest absolute Gasteiger partial charge is 0.355 e. The number of hydrogen-bond acceptors (Lipinski definition) is 4. The van der Waals surface area contributed by atoms with E-state index in [1.54, 1.807) is 7.05 Å². The summed E-state index contributed by atoms with van der Waals surface area (Å²) in [6, 6.07) is 21.3. The number of nitrogens with zero attached hydrogens (tertiary/aromatic N) is 1. The van der Waals surface area contributed by atoms with E-state index >= 15 is 0 Å². The Morgan fingerprint density at radius 3 is 2.39 bits per heavy atom. The van der Waals surface area contributed by atoms with Gasteiger partial charge in [-0.05, 0) is 58.1 Å². The molecule has 3 aromatic rings. The van der Waals surface area contributed by atoms with Crippen molar-refractivity contribution >= 4 is 17.3 Å². The molecule has 0 aromatic heterocycles. The van der Waals surface area contributed by atoms with Crippen LogP contribution in [0, 0.1) is 0 Å². The number of fused-ring (bicyclic) bond motifs is 2. The van der Waals surface area contributed by atoms with Gasteiger partial charge in [-0.2, -0.15) is 0 Å². The molecular formula is C28H32N4O. The van der Waals surface area contributed by atoms with Crippen molar-refractivity contribution in [1.29, 1.82) is 0 Å². The van der Waals surface area contributed by atoms with E-state index in [0.29, 0.717) is 5.56 Å². The van der Waals surface area contributed by atoms with Crippen LogP contribution in [0.3, 0.4) is 0 Å². The maximum Gasteiger partial charge on any atom is 0.251 e. The van der Waals surface area contributed by atoms with Crippen molar-refractivity contribution < 1.29 is 4.79 Å². The Morgan fingerprint density at radius 2 is 1.64 bits per heavy atom. The molecule has 3 N–H and O–H groups in total. The Bertz CT molecular complexity index is 1190. The predicted molar refractivity (Wildman–Crippen MR) is 135 cm³/mol. The van der Waals surface area contributed by atoms with Gasteiger partial charge in [-0.1, -0.05) is 44.2 Å². The number of hydrogen-bond donors (Lipinski definition) is 3. The maximum atomic E-state index is 12.1. The molecule has 2 heterocycles. The van der Waals surface area contributed by atoms with Crippen LogP contribution in [0.15, 0.2) is 60.7 Å². The van der Waals surface area contributed by atoms with Crippen molar-refractivity contribution in [3.05, 3.63) is 82.9 Å². The molecule has 1 amide bonds. The summed E-state index contributed by atoms with van der Waals surface area (Å²) in [4.78, 5) is 14.6. The minimum atomic E-state index is -0.135. The van der Waals surface area contributed by atoms with Crippen LogP contribution in [0.4, 0.5) is 11.4 Å². The molecule has 0 radical (unpaired) electrons. The van der Waals surface area contributed by atoms with Crippen molar-refractivity contribution in [2.75, 3.05) is 38.5 Å². The lowest BCUT2D eigenvalue weighted by atomic mass is 9.73. The minimum absolute atomic E-state index is 0.0669. The van der Waals surface area contributed by atoms with Crippen LogP contribution in [0.25, 0.3) is 11.1 Å². The molecule has 5 nitrogen and oxygen atoms in total. The van der Waals surface area contributed by atoms with E-state index in [1.165, 1.54) is 22.4 Å². The first kappa shape index (κ1) is 21.7. The highest BCUT2D eigenvalue weighted by Crippen LogP contribution is 2.46. The molecule has 1 saturated heterocycles. The van der Waals surface area contributed by atoms with E-state index in [1.807, 2.05) is 18.2 Å². The predicted octanol–water partition coefficient (Wildman–Crippen LogP) is 4.50. The highest BCUT2D eigenvalue weighted by atomic mass is 16.1. The van der Waals surface area contributed by atoms with E-state index < -0.39 is 0 Å². The molecule has 2 aliphatic rings. The molecular weight excluding hydrogens is 408 g/mol. The Balaban J connectivity index is 1.48. The molecule has 0 aliphatic carbocycles. The van der Waals surface area contributed by atoms with Gasteiger partial charge in [0, 0.05) is 62.1 Å². The molecule has 2 aliphatic heterocycles. The van der Waals surface area contributed by atoms with Gasteiger partial charge in [-0.25, -0.2) is 0 Å². The minimum Gasteiger partial charge on any atom is -0.355 e. The van der Waals surface area contributed by atoms with E-state index in [0.717, 1.165) is 49.5 Å². The van der Waals surface area contributed by atoms with E-state index in [9.17, 15) is 4.79 Å². The fraction of sp³-hybridized carbons (Fsp3) is 0.321. The molecule has 1 fully saturated rings. The summed E-state index contributed by atoms with van der Waals surface area (Å²) in [5.74, 6) is -0.0669. The van der Waals surface area contributed by atoms with Gasteiger partial charge < -0.3 is 16.0 Å². The molecule has 170 valence electrons. The van der Waals surface area contributed by atoms with Crippen LogP contribution in [0.5, 0.6) is 0 Å². The van der Waals surface area contributed by atoms with Crippen molar-refractivity contribution in [1.82, 2.24) is 15.5 Å². The SMILES string of the molecule is CNC(=O)c1cccc(-c2ccc3c(c2)C(C)(C)c2cc(CN4CCNCC4)ccc2N3)c1. The number of rotatable bonds is 4. The van der Waals surface area contributed by atoms with Gasteiger partial charge in [0.05, 0.1) is 0 Å². The van der Waals surface area contributed by atoms with Gasteiger partial charge in [0.1, 0.15) is 0 Å². The number of nitrogens with one attached hydrogen (secondary N) is 3. The lowest BCUT2D eigenvalue weighted by Gasteiger charge is -2.37. The van der Waals surface area contributed by atoms with Crippen LogP contribution in [-0.2, 0) is 12.0 Å². The summed E-state index contributed by atoms with van der Waals surface area (Å²) in [7, 11) is 1.66. The van der Waals surface area contributed by atoms with Crippen molar-refractivity contribution in [3.8, 4) is 11.1 Å². The molecule has 5 rings (SSSR count). The molecule has 0 bridgehead atoms. The summed E-state index contributed by atoms with van der Waals surface area (Å²) in [5, 5.41) is 9.80. The zero-order valence-corrected chi connectivity index (χ0v) is 19.7. The quantitative estimate of drug-likeness (QED) is 0.559. The highest BCUT2D eigenvalue weighted by Gasteiger charge is 2.33. The van der Waals surface area contributed by atoms with Crippen molar-refractivity contribution in [2.24, 2.45) is 0 Å². The molecule has 5 heteroatoms. The number of carbonyl (C=O) groups is 1. The zero-order chi connectivity index (χ0) is 23.0. The first-order valence-electron chi connectivity index (χ1n) is 11.8. The first-order chi connectivity index (χ1) is 16.0. The third-order valence-corrected chi connectivity index (χ3v) is 7.02. The molecule has 0 atom stereocenters. The van der Waals surface area contributed by atoms with Crippen LogP contribution in [0.1, 0.15) is 40.9 Å². The number of piperazine rings is 1. The molecule has 0 spiro atoms. The van der Waals surface area contributed by atoms with Crippen LogP contribution >= 0.6 is 0 Å². The van der Waals surface area contributed by atoms with Gasteiger partial charge in [0.25, 0.3) is 5.91 Å². The van der Waals surface area contributed by atoms with E-state index in [2.05, 4.69) is 77.2 Å². The topological polar surface area (TPSA) is 56.4 Å². The van der Waals surface area contributed by atoms with Gasteiger partial charge >= 0.3 is 0 Å². The lowest BCUT2D eigenvalue weighted by molar-refractivity contribution is 0.0963. The standard InChI is InChI=1S/C28H32N4O/c1-28(2)23-15-19(18-32-13-11-30-12-14-32)7-9-25(23)31-26-10-8-21(17-24(26)28)20-5-4-6-22(16-20)27(33)29-3/h4-10,15-17,30-31H,11-14,18H2,1-3H3,(H,29,33). The van der Waals surface area contributed by atoms with E-state index in [-0.39, 0.29) is 11.3 Å². The average molecular weight is 441 g/mol. The van der Waals surface area contributed by atoms with Gasteiger partial charge in [0.15, 0.2) is 0 Å². The summed E-state index contributed by atoms with van der Waals surface area (Å²) in [6.45, 7) is 9.93. The summed E-state index contributed by atoms with van der Waals surface area (Å²) in [5.41, 5.74) is 9.01. The molecule has 33 heavy (non-hydrogen) atoms. The Hall–Kier alpha value is -3.15. The van der Waals surface area contributed by atoms with Gasteiger partial charge in [-0.3, -0.25) is 9.69 Å². The Morgan fingerprint density at radius 1 is 0.939 bits per heavy atom.